The van der Waals surface area contributed by atoms with Crippen LogP contribution in [0.1, 0.15) is 24.8 Å². The largest absolute Gasteiger partial charge is 0.326 e. The van der Waals surface area contributed by atoms with Crippen molar-refractivity contribution < 1.29 is 4.79 Å². The Bertz CT molecular complexity index is 454. The average Bonchev–Trinajstić information content (AvgIpc) is 2.76. The summed E-state index contributed by atoms with van der Waals surface area (Å²) in [6, 6.07) is 5.53. The molecule has 0 heterocycles. The molecule has 1 amide bonds. The first-order chi connectivity index (χ1) is 8.15. The van der Waals surface area contributed by atoms with Crippen LogP contribution in [0, 0.1) is 12.8 Å². The number of hydrogen-bond acceptors (Lipinski definition) is 1. The number of amides is 1. The van der Waals surface area contributed by atoms with E-state index in [0.717, 1.165) is 24.1 Å². The maximum Gasteiger partial charge on any atom is 0.224 e. The predicted molar refractivity (Wildman–Crippen MR) is 71.3 cm³/mol. The first-order valence-corrected chi connectivity index (χ1v) is 6.25. The van der Waals surface area contributed by atoms with Crippen LogP contribution in [0.5, 0.6) is 0 Å². The Labute approximate surface area is 107 Å². The summed E-state index contributed by atoms with van der Waals surface area (Å²) in [5, 5.41) is 3.57. The summed E-state index contributed by atoms with van der Waals surface area (Å²) in [6.07, 6.45) is 7.01. The van der Waals surface area contributed by atoms with Gasteiger partial charge in [0.15, 0.2) is 0 Å². The fourth-order valence-corrected chi connectivity index (χ4v) is 2.21. The fraction of sp³-hybridized carbons (Fsp3) is 0.357. The van der Waals surface area contributed by atoms with Crippen LogP contribution in [0.3, 0.4) is 0 Å². The highest BCUT2D eigenvalue weighted by Crippen LogP contribution is 2.23. The zero-order valence-corrected chi connectivity index (χ0v) is 10.6. The number of hydrogen-bond donors (Lipinski definition) is 1. The molecule has 0 saturated heterocycles. The molecule has 1 unspecified atom stereocenters. The fourth-order valence-electron chi connectivity index (χ4n) is 2.03. The Morgan fingerprint density at radius 3 is 3.06 bits per heavy atom. The number of nitrogens with one attached hydrogen (secondary N) is 1. The lowest BCUT2D eigenvalue weighted by Crippen LogP contribution is -2.15. The second kappa shape index (κ2) is 5.37. The molecule has 1 N–H and O–H groups in total. The molecule has 1 aliphatic carbocycles. The Morgan fingerprint density at radius 1 is 1.53 bits per heavy atom. The Kier molecular flexibility index (Phi) is 3.85. The van der Waals surface area contributed by atoms with Gasteiger partial charge in [-0.25, -0.2) is 0 Å². The van der Waals surface area contributed by atoms with Crippen LogP contribution in [0.25, 0.3) is 0 Å². The highest BCUT2D eigenvalue weighted by molar-refractivity contribution is 6.31. The Balaban J connectivity index is 1.97. The number of halogens is 1. The molecule has 3 heteroatoms. The quantitative estimate of drug-likeness (QED) is 0.808. The van der Waals surface area contributed by atoms with Crippen molar-refractivity contribution in [3.05, 3.63) is 40.9 Å². The molecule has 1 aromatic rings. The highest BCUT2D eigenvalue weighted by Gasteiger charge is 2.14. The SMILES string of the molecule is Cc1ccc(Cl)cc1NC(=O)CC1C=CCC1. The molecule has 0 spiro atoms. The number of carbonyl (C=O) groups excluding carboxylic acids is 1. The van der Waals surface area contributed by atoms with E-state index < -0.39 is 0 Å². The minimum absolute atomic E-state index is 0.0620. The number of rotatable bonds is 3. The first kappa shape index (κ1) is 12.2. The molecule has 0 aliphatic heterocycles. The average molecular weight is 250 g/mol. The molecule has 2 nitrogen and oxygen atoms in total. The van der Waals surface area contributed by atoms with Gasteiger partial charge in [-0.2, -0.15) is 0 Å². The van der Waals surface area contributed by atoms with E-state index in [1.807, 2.05) is 19.1 Å². The summed E-state index contributed by atoms with van der Waals surface area (Å²) in [7, 11) is 0. The van der Waals surface area contributed by atoms with Gasteiger partial charge in [-0.1, -0.05) is 29.8 Å². The van der Waals surface area contributed by atoms with E-state index in [-0.39, 0.29) is 5.91 Å². The monoisotopic (exact) mass is 249 g/mol. The Hall–Kier alpha value is -1.28. The lowest BCUT2D eigenvalue weighted by Gasteiger charge is -2.11. The van der Waals surface area contributed by atoms with Crippen molar-refractivity contribution in [1.29, 1.82) is 0 Å². The second-order valence-electron chi connectivity index (χ2n) is 4.48. The van der Waals surface area contributed by atoms with Crippen molar-refractivity contribution in [1.82, 2.24) is 0 Å². The van der Waals surface area contributed by atoms with E-state index in [2.05, 4.69) is 17.5 Å². The summed E-state index contributed by atoms with van der Waals surface area (Å²) >= 11 is 5.91. The van der Waals surface area contributed by atoms with Crippen molar-refractivity contribution in [2.45, 2.75) is 26.2 Å². The van der Waals surface area contributed by atoms with Gasteiger partial charge in [-0.15, -0.1) is 0 Å². The molecule has 1 aliphatic rings. The van der Waals surface area contributed by atoms with Crippen LogP contribution in [0.2, 0.25) is 5.02 Å². The topological polar surface area (TPSA) is 29.1 Å². The molecule has 0 bridgehead atoms. The maximum atomic E-state index is 11.8. The molecule has 0 fully saturated rings. The molecule has 1 atom stereocenters. The number of aryl methyl sites for hydroxylation is 1. The summed E-state index contributed by atoms with van der Waals surface area (Å²) < 4.78 is 0. The van der Waals surface area contributed by atoms with Crippen LogP contribution in [0.4, 0.5) is 5.69 Å². The van der Waals surface area contributed by atoms with Crippen molar-refractivity contribution in [3.8, 4) is 0 Å². The van der Waals surface area contributed by atoms with Gasteiger partial charge in [0.25, 0.3) is 0 Å². The molecular weight excluding hydrogens is 234 g/mol. The predicted octanol–water partition coefficient (Wildman–Crippen LogP) is 3.94. The zero-order valence-electron chi connectivity index (χ0n) is 9.87. The van der Waals surface area contributed by atoms with Crippen LogP contribution < -0.4 is 5.32 Å². The molecule has 90 valence electrons. The zero-order chi connectivity index (χ0) is 12.3. The van der Waals surface area contributed by atoms with Crippen molar-refractivity contribution >= 4 is 23.2 Å². The van der Waals surface area contributed by atoms with Gasteiger partial charge < -0.3 is 5.32 Å². The van der Waals surface area contributed by atoms with Gasteiger partial charge >= 0.3 is 0 Å². The van der Waals surface area contributed by atoms with Crippen molar-refractivity contribution in [2.75, 3.05) is 5.32 Å². The van der Waals surface area contributed by atoms with E-state index in [4.69, 9.17) is 11.6 Å². The van der Waals surface area contributed by atoms with E-state index in [1.54, 1.807) is 6.07 Å². The number of allylic oxidation sites excluding steroid dienone is 2. The van der Waals surface area contributed by atoms with E-state index >= 15 is 0 Å². The molecular formula is C14H16ClNO. The van der Waals surface area contributed by atoms with Gasteiger partial charge in [0, 0.05) is 17.1 Å². The summed E-state index contributed by atoms with van der Waals surface area (Å²) in [6.45, 7) is 1.96. The first-order valence-electron chi connectivity index (χ1n) is 5.88. The third-order valence-electron chi connectivity index (χ3n) is 3.03. The molecule has 0 saturated carbocycles. The molecule has 17 heavy (non-hydrogen) atoms. The minimum atomic E-state index is 0.0620. The smallest absolute Gasteiger partial charge is 0.224 e. The number of anilines is 1. The van der Waals surface area contributed by atoms with Crippen LogP contribution in [0.15, 0.2) is 30.4 Å². The lowest BCUT2D eigenvalue weighted by molar-refractivity contribution is -0.116. The van der Waals surface area contributed by atoms with Crippen LogP contribution in [-0.4, -0.2) is 5.91 Å². The summed E-state index contributed by atoms with van der Waals surface area (Å²) in [5.74, 6) is 0.460. The minimum Gasteiger partial charge on any atom is -0.326 e. The van der Waals surface area contributed by atoms with Crippen molar-refractivity contribution in [3.63, 3.8) is 0 Å². The van der Waals surface area contributed by atoms with Gasteiger partial charge in [-0.05, 0) is 43.4 Å². The second-order valence-corrected chi connectivity index (χ2v) is 4.91. The molecule has 2 rings (SSSR count). The van der Waals surface area contributed by atoms with Crippen LogP contribution in [-0.2, 0) is 4.79 Å². The van der Waals surface area contributed by atoms with Gasteiger partial charge in [0.2, 0.25) is 5.91 Å². The van der Waals surface area contributed by atoms with Gasteiger partial charge in [0.05, 0.1) is 0 Å². The van der Waals surface area contributed by atoms with Gasteiger partial charge in [0.1, 0.15) is 0 Å². The summed E-state index contributed by atoms with van der Waals surface area (Å²) in [5.41, 5.74) is 1.84. The molecule has 0 aromatic heterocycles. The molecule has 1 aromatic carbocycles. The normalized spacial score (nSPS) is 18.4. The maximum absolute atomic E-state index is 11.8. The van der Waals surface area contributed by atoms with Gasteiger partial charge in [-0.3, -0.25) is 4.79 Å². The van der Waals surface area contributed by atoms with E-state index in [9.17, 15) is 4.79 Å². The number of benzene rings is 1. The summed E-state index contributed by atoms with van der Waals surface area (Å²) in [4.78, 5) is 11.8. The van der Waals surface area contributed by atoms with E-state index in [1.165, 1.54) is 0 Å². The third kappa shape index (κ3) is 3.34. The Morgan fingerprint density at radius 2 is 2.35 bits per heavy atom. The third-order valence-corrected chi connectivity index (χ3v) is 3.27. The number of carbonyl (C=O) groups is 1. The van der Waals surface area contributed by atoms with Crippen molar-refractivity contribution in [2.24, 2.45) is 5.92 Å². The molecule has 0 radical (unpaired) electrons. The standard InChI is InChI=1S/C14H16ClNO/c1-10-6-7-12(15)9-13(10)16-14(17)8-11-4-2-3-5-11/h2,4,6-7,9,11H,3,5,8H2,1H3,(H,16,17). The highest BCUT2D eigenvalue weighted by atomic mass is 35.5. The van der Waals surface area contributed by atoms with Crippen LogP contribution >= 0.6 is 11.6 Å². The van der Waals surface area contributed by atoms with E-state index in [0.29, 0.717) is 17.4 Å². The lowest BCUT2D eigenvalue weighted by atomic mass is 10.0.